The molecule has 5 heteroatoms. The number of methoxy groups -OCH3 is 1. The Morgan fingerprint density at radius 1 is 0.897 bits per heavy atom. The van der Waals surface area contributed by atoms with E-state index in [1.54, 1.807) is 24.3 Å². The van der Waals surface area contributed by atoms with Crippen LogP contribution in [0.3, 0.4) is 0 Å². The summed E-state index contributed by atoms with van der Waals surface area (Å²) in [6.07, 6.45) is 0. The van der Waals surface area contributed by atoms with Crippen molar-refractivity contribution >= 4 is 23.3 Å². The molecule has 0 bridgehead atoms. The molecule has 29 heavy (non-hydrogen) atoms. The fourth-order valence-corrected chi connectivity index (χ4v) is 3.01. The molecule has 0 aliphatic heterocycles. The zero-order chi connectivity index (χ0) is 20.8. The number of amides is 1. The van der Waals surface area contributed by atoms with Crippen LogP contribution in [0.5, 0.6) is 0 Å². The van der Waals surface area contributed by atoms with E-state index in [4.69, 9.17) is 4.74 Å². The number of hydrogen-bond donors (Lipinski definition) is 2. The van der Waals surface area contributed by atoms with Crippen molar-refractivity contribution < 1.29 is 14.3 Å². The number of anilines is 2. The normalized spacial score (nSPS) is 11.4. The minimum Gasteiger partial charge on any atom is -0.465 e. The molecule has 0 heterocycles. The van der Waals surface area contributed by atoms with Crippen LogP contribution in [-0.4, -0.2) is 19.0 Å². The van der Waals surface area contributed by atoms with Crippen LogP contribution in [0, 0.1) is 13.8 Å². The third kappa shape index (κ3) is 5.02. The Hall–Kier alpha value is -3.60. The third-order valence-electron chi connectivity index (χ3n) is 4.66. The second-order valence-corrected chi connectivity index (χ2v) is 6.86. The first kappa shape index (κ1) is 20.1. The van der Waals surface area contributed by atoms with Crippen LogP contribution in [0.1, 0.15) is 33.1 Å². The van der Waals surface area contributed by atoms with E-state index in [2.05, 4.69) is 10.6 Å². The summed E-state index contributed by atoms with van der Waals surface area (Å²) in [6.45, 7) is 3.95. The first-order valence-corrected chi connectivity index (χ1v) is 9.36. The van der Waals surface area contributed by atoms with Gasteiger partial charge in [-0.25, -0.2) is 4.79 Å². The minimum absolute atomic E-state index is 0.165. The maximum Gasteiger partial charge on any atom is 0.337 e. The Balaban J connectivity index is 1.86. The van der Waals surface area contributed by atoms with Gasteiger partial charge in [0.05, 0.1) is 12.7 Å². The van der Waals surface area contributed by atoms with Crippen molar-refractivity contribution in [1.82, 2.24) is 0 Å². The number of nitrogens with one attached hydrogen (secondary N) is 2. The summed E-state index contributed by atoms with van der Waals surface area (Å²) < 4.78 is 4.73. The highest BCUT2D eigenvalue weighted by Gasteiger charge is 2.21. The van der Waals surface area contributed by atoms with Crippen LogP contribution in [0.2, 0.25) is 0 Å². The van der Waals surface area contributed by atoms with Crippen LogP contribution < -0.4 is 10.6 Å². The second-order valence-electron chi connectivity index (χ2n) is 6.86. The molecule has 0 aromatic heterocycles. The smallest absolute Gasteiger partial charge is 0.337 e. The van der Waals surface area contributed by atoms with Crippen molar-refractivity contribution in [2.45, 2.75) is 19.9 Å². The molecule has 0 aliphatic carbocycles. The van der Waals surface area contributed by atoms with Gasteiger partial charge in [-0.1, -0.05) is 42.5 Å². The van der Waals surface area contributed by atoms with Gasteiger partial charge in [0.25, 0.3) is 5.91 Å². The molecular weight excluding hydrogens is 364 g/mol. The molecule has 3 aromatic carbocycles. The van der Waals surface area contributed by atoms with E-state index in [0.29, 0.717) is 5.56 Å². The molecule has 148 valence electrons. The van der Waals surface area contributed by atoms with Gasteiger partial charge in [-0.2, -0.15) is 0 Å². The monoisotopic (exact) mass is 388 g/mol. The largest absolute Gasteiger partial charge is 0.465 e. The molecule has 5 nitrogen and oxygen atoms in total. The zero-order valence-corrected chi connectivity index (χ0v) is 16.7. The molecule has 1 atom stereocenters. The lowest BCUT2D eigenvalue weighted by atomic mass is 10.0. The number of rotatable bonds is 6. The molecule has 0 saturated heterocycles. The number of ether oxygens (including phenoxy) is 1. The van der Waals surface area contributed by atoms with Crippen LogP contribution in [0.15, 0.2) is 72.8 Å². The number of hydrogen-bond acceptors (Lipinski definition) is 4. The molecule has 0 radical (unpaired) electrons. The molecule has 1 amide bonds. The molecule has 0 unspecified atom stereocenters. The predicted octanol–water partition coefficient (Wildman–Crippen LogP) is 4.88. The first-order chi connectivity index (χ1) is 14.0. The zero-order valence-electron chi connectivity index (χ0n) is 16.7. The second kappa shape index (κ2) is 9.06. The van der Waals surface area contributed by atoms with Crippen molar-refractivity contribution in [2.75, 3.05) is 17.7 Å². The molecule has 0 spiro atoms. The molecule has 3 aromatic rings. The van der Waals surface area contributed by atoms with E-state index in [9.17, 15) is 9.59 Å². The predicted molar refractivity (Wildman–Crippen MR) is 115 cm³/mol. The quantitative estimate of drug-likeness (QED) is 0.591. The maximum atomic E-state index is 13.2. The van der Waals surface area contributed by atoms with Crippen molar-refractivity contribution in [3.8, 4) is 0 Å². The lowest BCUT2D eigenvalue weighted by Gasteiger charge is -2.21. The molecule has 0 aliphatic rings. The standard InChI is InChI=1S/C24H24N2O3/c1-16-9-10-17(2)21(15-16)26-23(27)22(18-7-5-4-6-8-18)25-20-13-11-19(12-14-20)24(28)29-3/h4-15,22,25H,1-3H3,(H,26,27)/t22-/m0/s1. The third-order valence-corrected chi connectivity index (χ3v) is 4.66. The highest BCUT2D eigenvalue weighted by atomic mass is 16.5. The van der Waals surface area contributed by atoms with E-state index in [1.807, 2.05) is 62.4 Å². The SMILES string of the molecule is COC(=O)c1ccc(N[C@H](C(=O)Nc2cc(C)ccc2C)c2ccccc2)cc1. The van der Waals surface area contributed by atoms with E-state index < -0.39 is 12.0 Å². The van der Waals surface area contributed by atoms with Gasteiger partial charge in [-0.3, -0.25) is 4.79 Å². The summed E-state index contributed by atoms with van der Waals surface area (Å²) in [5.41, 5.74) is 4.88. The lowest BCUT2D eigenvalue weighted by Crippen LogP contribution is -2.27. The number of esters is 1. The van der Waals surface area contributed by atoms with E-state index in [-0.39, 0.29) is 5.91 Å². The number of carbonyl (C=O) groups excluding carboxylic acids is 2. The molecule has 2 N–H and O–H groups in total. The van der Waals surface area contributed by atoms with Crippen LogP contribution in [-0.2, 0) is 9.53 Å². The van der Waals surface area contributed by atoms with Gasteiger partial charge in [0.2, 0.25) is 0 Å². The van der Waals surface area contributed by atoms with E-state index >= 15 is 0 Å². The Labute approximate surface area is 170 Å². The fraction of sp³-hybridized carbons (Fsp3) is 0.167. The van der Waals surface area contributed by atoms with Gasteiger partial charge in [0.15, 0.2) is 0 Å². The van der Waals surface area contributed by atoms with Crippen molar-refractivity contribution in [1.29, 1.82) is 0 Å². The van der Waals surface area contributed by atoms with Gasteiger partial charge in [-0.15, -0.1) is 0 Å². The van der Waals surface area contributed by atoms with E-state index in [1.165, 1.54) is 7.11 Å². The summed E-state index contributed by atoms with van der Waals surface area (Å²) in [7, 11) is 1.34. The van der Waals surface area contributed by atoms with Gasteiger partial charge in [-0.05, 0) is 60.9 Å². The molecule has 3 rings (SSSR count). The Morgan fingerprint density at radius 3 is 2.24 bits per heavy atom. The highest BCUT2D eigenvalue weighted by Crippen LogP contribution is 2.24. The minimum atomic E-state index is -0.597. The van der Waals surface area contributed by atoms with Gasteiger partial charge in [0, 0.05) is 11.4 Å². The number of carbonyl (C=O) groups is 2. The summed E-state index contributed by atoms with van der Waals surface area (Å²) in [5, 5.41) is 6.30. The Kier molecular flexibility index (Phi) is 6.29. The topological polar surface area (TPSA) is 67.4 Å². The van der Waals surface area contributed by atoms with Crippen molar-refractivity contribution in [3.63, 3.8) is 0 Å². The lowest BCUT2D eigenvalue weighted by molar-refractivity contribution is -0.117. The first-order valence-electron chi connectivity index (χ1n) is 9.36. The van der Waals surface area contributed by atoms with Crippen LogP contribution >= 0.6 is 0 Å². The average molecular weight is 388 g/mol. The van der Waals surface area contributed by atoms with Gasteiger partial charge in [0.1, 0.15) is 6.04 Å². The molecular formula is C24H24N2O3. The number of benzene rings is 3. The van der Waals surface area contributed by atoms with Crippen LogP contribution in [0.25, 0.3) is 0 Å². The Bertz CT molecular complexity index is 998. The maximum absolute atomic E-state index is 13.2. The molecule has 0 fully saturated rings. The van der Waals surface area contributed by atoms with Crippen molar-refractivity contribution in [3.05, 3.63) is 95.1 Å². The van der Waals surface area contributed by atoms with Crippen LogP contribution in [0.4, 0.5) is 11.4 Å². The van der Waals surface area contributed by atoms with Gasteiger partial charge < -0.3 is 15.4 Å². The van der Waals surface area contributed by atoms with Gasteiger partial charge >= 0.3 is 5.97 Å². The van der Waals surface area contributed by atoms with Crippen molar-refractivity contribution in [2.24, 2.45) is 0 Å². The summed E-state index contributed by atoms with van der Waals surface area (Å²) in [4.78, 5) is 24.8. The fourth-order valence-electron chi connectivity index (χ4n) is 3.01. The molecule has 0 saturated carbocycles. The summed E-state index contributed by atoms with van der Waals surface area (Å²) >= 11 is 0. The van der Waals surface area contributed by atoms with E-state index in [0.717, 1.165) is 28.1 Å². The summed E-state index contributed by atoms with van der Waals surface area (Å²) in [5.74, 6) is -0.564. The summed E-state index contributed by atoms with van der Waals surface area (Å²) in [6, 6.07) is 21.7. The highest BCUT2D eigenvalue weighted by molar-refractivity contribution is 5.98. The Morgan fingerprint density at radius 2 is 1.59 bits per heavy atom. The number of aryl methyl sites for hydroxylation is 2. The average Bonchev–Trinajstić information content (AvgIpc) is 2.75.